The molecule has 1 N–H and O–H groups in total. The zero-order chi connectivity index (χ0) is 30.6. The molecule has 0 radical (unpaired) electrons. The van der Waals surface area contributed by atoms with Crippen LogP contribution in [0.25, 0.3) is 10.8 Å². The largest absolute Gasteiger partial charge is 0.352 e. The maximum atomic E-state index is 14.0. The first-order chi connectivity index (χ1) is 20.7. The second-order valence-electron chi connectivity index (χ2n) is 11.3. The summed E-state index contributed by atoms with van der Waals surface area (Å²) in [5.41, 5.74) is 3.61. The third-order valence-electron chi connectivity index (χ3n) is 8.14. The monoisotopic (exact) mass is 597 g/mol. The molecular weight excluding hydrogens is 558 g/mol. The van der Waals surface area contributed by atoms with Gasteiger partial charge in [-0.3, -0.25) is 13.9 Å². The molecule has 2 amide bonds. The van der Waals surface area contributed by atoms with Crippen LogP contribution < -0.4 is 9.62 Å². The van der Waals surface area contributed by atoms with Crippen LogP contribution in [0, 0.1) is 6.92 Å². The standard InChI is InChI=1S/C35H39N3O4S/c1-4-26(3)36-35(40)31(23-27-13-6-5-7-14-27)37(24-28-15-8-12-25(2)22-28)33(39)20-11-21-38-30-18-9-16-29-17-10-19-32(34(29)30)43(38,41)42/h5-10,12-19,22,26,31H,4,11,20-21,23-24H2,1-3H3,(H,36,40)/t26-,31+/m1/s1. The number of hydrogen-bond acceptors (Lipinski definition) is 4. The number of sulfonamides is 1. The zero-order valence-corrected chi connectivity index (χ0v) is 25.8. The van der Waals surface area contributed by atoms with Crippen molar-refractivity contribution in [2.75, 3.05) is 10.8 Å². The van der Waals surface area contributed by atoms with E-state index in [-0.39, 0.29) is 37.4 Å². The van der Waals surface area contributed by atoms with Crippen LogP contribution in [0.15, 0.2) is 95.9 Å². The maximum absolute atomic E-state index is 14.0. The zero-order valence-electron chi connectivity index (χ0n) is 25.0. The third-order valence-corrected chi connectivity index (χ3v) is 10.00. The van der Waals surface area contributed by atoms with Gasteiger partial charge in [0.15, 0.2) is 0 Å². The predicted molar refractivity (Wildman–Crippen MR) is 171 cm³/mol. The van der Waals surface area contributed by atoms with E-state index in [1.54, 1.807) is 17.0 Å². The molecule has 1 heterocycles. The molecule has 4 aromatic rings. The molecule has 0 fully saturated rings. The van der Waals surface area contributed by atoms with Crippen LogP contribution in [-0.2, 0) is 32.6 Å². The lowest BCUT2D eigenvalue weighted by atomic mass is 10.0. The minimum Gasteiger partial charge on any atom is -0.352 e. The van der Waals surface area contributed by atoms with E-state index >= 15 is 0 Å². The summed E-state index contributed by atoms with van der Waals surface area (Å²) >= 11 is 0. The molecule has 0 saturated carbocycles. The SMILES string of the molecule is CC[C@@H](C)NC(=O)[C@H](Cc1ccccc1)N(Cc1cccc(C)c1)C(=O)CCCN1c2cccc3cccc(c23)S1(=O)=O. The van der Waals surface area contributed by atoms with E-state index in [1.165, 1.54) is 4.31 Å². The van der Waals surface area contributed by atoms with E-state index in [4.69, 9.17) is 0 Å². The average Bonchev–Trinajstić information content (AvgIpc) is 3.22. The highest BCUT2D eigenvalue weighted by molar-refractivity contribution is 7.93. The number of hydrogen-bond donors (Lipinski definition) is 1. The van der Waals surface area contributed by atoms with Crippen molar-refractivity contribution in [3.05, 3.63) is 108 Å². The highest BCUT2D eigenvalue weighted by Gasteiger charge is 2.36. The summed E-state index contributed by atoms with van der Waals surface area (Å²) in [6.07, 6.45) is 1.57. The Morgan fingerprint density at radius 3 is 2.33 bits per heavy atom. The first kappa shape index (κ1) is 30.3. The van der Waals surface area contributed by atoms with Gasteiger partial charge in [0, 0.05) is 37.4 Å². The Morgan fingerprint density at radius 1 is 0.907 bits per heavy atom. The van der Waals surface area contributed by atoms with Crippen LogP contribution in [-0.4, -0.2) is 43.8 Å². The van der Waals surface area contributed by atoms with Crippen LogP contribution in [0.2, 0.25) is 0 Å². The Labute approximate surface area is 254 Å². The van der Waals surface area contributed by atoms with Crippen molar-refractivity contribution in [3.8, 4) is 0 Å². The van der Waals surface area contributed by atoms with Crippen molar-refractivity contribution >= 4 is 38.3 Å². The molecule has 5 rings (SSSR count). The van der Waals surface area contributed by atoms with E-state index in [0.29, 0.717) is 23.4 Å². The molecule has 1 aliphatic heterocycles. The first-order valence-electron chi connectivity index (χ1n) is 14.9. The molecule has 2 atom stereocenters. The van der Waals surface area contributed by atoms with E-state index < -0.39 is 16.1 Å². The fourth-order valence-corrected chi connectivity index (χ4v) is 7.47. The summed E-state index contributed by atoms with van der Waals surface area (Å²) in [7, 11) is -3.71. The van der Waals surface area contributed by atoms with E-state index in [2.05, 4.69) is 5.32 Å². The van der Waals surface area contributed by atoms with Crippen LogP contribution in [0.3, 0.4) is 0 Å². The molecule has 0 spiro atoms. The number of nitrogens with zero attached hydrogens (tertiary/aromatic N) is 2. The van der Waals surface area contributed by atoms with Gasteiger partial charge < -0.3 is 10.2 Å². The first-order valence-corrected chi connectivity index (χ1v) is 16.4. The molecule has 0 aliphatic carbocycles. The Balaban J connectivity index is 1.40. The number of anilines is 1. The molecule has 8 heteroatoms. The second kappa shape index (κ2) is 13.0. The van der Waals surface area contributed by atoms with Gasteiger partial charge in [-0.05, 0) is 55.3 Å². The number of nitrogens with one attached hydrogen (secondary N) is 1. The molecular formula is C35H39N3O4S. The van der Waals surface area contributed by atoms with Gasteiger partial charge in [0.25, 0.3) is 10.0 Å². The molecule has 0 aromatic heterocycles. The quantitative estimate of drug-likeness (QED) is 0.217. The predicted octanol–water partition coefficient (Wildman–Crippen LogP) is 5.99. The maximum Gasteiger partial charge on any atom is 0.265 e. The number of benzene rings is 4. The van der Waals surface area contributed by atoms with Crippen LogP contribution in [0.4, 0.5) is 5.69 Å². The van der Waals surface area contributed by atoms with Gasteiger partial charge in [-0.2, -0.15) is 0 Å². The molecule has 0 bridgehead atoms. The Hall–Kier alpha value is -4.17. The molecule has 0 saturated heterocycles. The van der Waals surface area contributed by atoms with Crippen molar-refractivity contribution in [2.45, 2.75) is 70.0 Å². The number of amides is 2. The van der Waals surface area contributed by atoms with Crippen molar-refractivity contribution in [1.82, 2.24) is 10.2 Å². The minimum atomic E-state index is -3.71. The van der Waals surface area contributed by atoms with Gasteiger partial charge in [-0.25, -0.2) is 8.42 Å². The van der Waals surface area contributed by atoms with Crippen molar-refractivity contribution in [3.63, 3.8) is 0 Å². The summed E-state index contributed by atoms with van der Waals surface area (Å²) in [6.45, 7) is 6.42. The molecule has 1 aliphatic rings. The molecule has 43 heavy (non-hydrogen) atoms. The number of carbonyl (C=O) groups is 2. The molecule has 224 valence electrons. The lowest BCUT2D eigenvalue weighted by Crippen LogP contribution is -2.52. The number of aryl methyl sites for hydroxylation is 1. The fourth-order valence-electron chi connectivity index (χ4n) is 5.72. The van der Waals surface area contributed by atoms with Crippen LogP contribution in [0.5, 0.6) is 0 Å². The van der Waals surface area contributed by atoms with Gasteiger partial charge in [-0.1, -0.05) is 91.3 Å². The Morgan fingerprint density at radius 2 is 1.60 bits per heavy atom. The highest BCUT2D eigenvalue weighted by Crippen LogP contribution is 2.42. The van der Waals surface area contributed by atoms with Gasteiger partial charge >= 0.3 is 0 Å². The summed E-state index contributed by atoms with van der Waals surface area (Å²) < 4.78 is 28.3. The lowest BCUT2D eigenvalue weighted by Gasteiger charge is -2.32. The smallest absolute Gasteiger partial charge is 0.265 e. The van der Waals surface area contributed by atoms with Crippen molar-refractivity contribution < 1.29 is 18.0 Å². The van der Waals surface area contributed by atoms with E-state index in [0.717, 1.165) is 33.9 Å². The summed E-state index contributed by atoms with van der Waals surface area (Å²) in [4.78, 5) is 29.8. The van der Waals surface area contributed by atoms with Crippen LogP contribution in [0.1, 0.15) is 49.8 Å². The molecule has 0 unspecified atom stereocenters. The molecule has 4 aromatic carbocycles. The summed E-state index contributed by atoms with van der Waals surface area (Å²) in [5, 5.41) is 4.69. The lowest BCUT2D eigenvalue weighted by molar-refractivity contribution is -0.141. The topological polar surface area (TPSA) is 86.8 Å². The number of carbonyl (C=O) groups excluding carboxylic acids is 2. The normalized spacial score (nSPS) is 14.8. The van der Waals surface area contributed by atoms with E-state index in [1.807, 2.05) is 99.6 Å². The van der Waals surface area contributed by atoms with Crippen LogP contribution >= 0.6 is 0 Å². The van der Waals surface area contributed by atoms with Gasteiger partial charge in [0.05, 0.1) is 10.6 Å². The Kier molecular flexibility index (Phi) is 9.16. The average molecular weight is 598 g/mol. The molecule has 7 nitrogen and oxygen atoms in total. The van der Waals surface area contributed by atoms with Crippen molar-refractivity contribution in [1.29, 1.82) is 0 Å². The Bertz CT molecular complexity index is 1720. The summed E-state index contributed by atoms with van der Waals surface area (Å²) in [6, 6.07) is 27.8. The third kappa shape index (κ3) is 6.59. The minimum absolute atomic E-state index is 0.0357. The second-order valence-corrected chi connectivity index (χ2v) is 13.2. The number of rotatable bonds is 12. The highest BCUT2D eigenvalue weighted by atomic mass is 32.2. The van der Waals surface area contributed by atoms with Gasteiger partial charge in [0.1, 0.15) is 6.04 Å². The van der Waals surface area contributed by atoms with E-state index in [9.17, 15) is 18.0 Å². The summed E-state index contributed by atoms with van der Waals surface area (Å²) in [5.74, 6) is -0.377. The van der Waals surface area contributed by atoms with Crippen molar-refractivity contribution in [2.24, 2.45) is 0 Å². The fraction of sp³-hybridized carbons (Fsp3) is 0.314. The van der Waals surface area contributed by atoms with Gasteiger partial charge in [0.2, 0.25) is 11.8 Å². The van der Waals surface area contributed by atoms with Gasteiger partial charge in [-0.15, -0.1) is 0 Å².